The smallest absolute Gasteiger partial charge is 0.249 e. The topological polar surface area (TPSA) is 60.2 Å². The molecular weight excluding hydrogens is 285 g/mol. The summed E-state index contributed by atoms with van der Waals surface area (Å²) in [5.41, 5.74) is 5.86. The van der Waals surface area contributed by atoms with Crippen LogP contribution in [0, 0.1) is 0 Å². The molecule has 0 spiro atoms. The Bertz CT molecular complexity index is 651. The van der Waals surface area contributed by atoms with Crippen molar-refractivity contribution in [2.75, 3.05) is 0 Å². The maximum Gasteiger partial charge on any atom is 0.249 e. The summed E-state index contributed by atoms with van der Waals surface area (Å²) in [5.74, 6) is -1.06. The zero-order valence-corrected chi connectivity index (χ0v) is 11.2. The Balaban J connectivity index is 2.55. The molecule has 2 aromatic carbocycles. The van der Waals surface area contributed by atoms with Crippen LogP contribution in [0.4, 0.5) is 0 Å². The number of ketones is 1. The second-order valence-corrected chi connectivity index (χ2v) is 4.71. The molecule has 2 aromatic rings. The Morgan fingerprint density at radius 1 is 0.947 bits per heavy atom. The summed E-state index contributed by atoms with van der Waals surface area (Å²) in [6, 6.07) is 10.9. The normalized spacial score (nSPS) is 10.2. The lowest BCUT2D eigenvalue weighted by molar-refractivity contribution is 0.0981. The second-order valence-electron chi connectivity index (χ2n) is 3.86. The van der Waals surface area contributed by atoms with Gasteiger partial charge in [-0.15, -0.1) is 0 Å². The molecule has 0 aliphatic carbocycles. The summed E-state index contributed by atoms with van der Waals surface area (Å²) >= 11 is 11.8. The van der Waals surface area contributed by atoms with Crippen LogP contribution in [0.25, 0.3) is 0 Å². The average Bonchev–Trinajstić information content (AvgIpc) is 2.38. The Kier molecular flexibility index (Phi) is 3.88. The van der Waals surface area contributed by atoms with Gasteiger partial charge in [-0.2, -0.15) is 0 Å². The van der Waals surface area contributed by atoms with Crippen LogP contribution in [0.5, 0.6) is 0 Å². The first-order valence-corrected chi connectivity index (χ1v) is 6.15. The van der Waals surface area contributed by atoms with Crippen molar-refractivity contribution in [3.05, 3.63) is 69.2 Å². The molecule has 0 heterocycles. The van der Waals surface area contributed by atoms with Gasteiger partial charge < -0.3 is 5.73 Å². The van der Waals surface area contributed by atoms with E-state index in [1.165, 1.54) is 12.1 Å². The third-order valence-corrected chi connectivity index (χ3v) is 3.18. The molecule has 0 aliphatic rings. The lowest BCUT2D eigenvalue weighted by Gasteiger charge is -2.08. The van der Waals surface area contributed by atoms with Crippen molar-refractivity contribution in [1.29, 1.82) is 0 Å². The largest absolute Gasteiger partial charge is 0.366 e. The van der Waals surface area contributed by atoms with Gasteiger partial charge >= 0.3 is 0 Å². The number of carbonyl (C=O) groups is 2. The Labute approximate surface area is 119 Å². The van der Waals surface area contributed by atoms with Crippen molar-refractivity contribution in [2.24, 2.45) is 5.73 Å². The summed E-state index contributed by atoms with van der Waals surface area (Å²) in [6.45, 7) is 0. The first kappa shape index (κ1) is 13.6. The summed E-state index contributed by atoms with van der Waals surface area (Å²) in [6.07, 6.45) is 0. The molecule has 2 N–H and O–H groups in total. The molecule has 19 heavy (non-hydrogen) atoms. The summed E-state index contributed by atoms with van der Waals surface area (Å²) in [7, 11) is 0. The van der Waals surface area contributed by atoms with Crippen molar-refractivity contribution < 1.29 is 9.59 Å². The maximum atomic E-state index is 12.4. The molecule has 0 saturated heterocycles. The highest BCUT2D eigenvalue weighted by Crippen LogP contribution is 2.24. The molecule has 3 nitrogen and oxygen atoms in total. The highest BCUT2D eigenvalue weighted by atomic mass is 35.5. The van der Waals surface area contributed by atoms with Crippen molar-refractivity contribution in [2.45, 2.75) is 0 Å². The Hall–Kier alpha value is -1.84. The van der Waals surface area contributed by atoms with Crippen LogP contribution < -0.4 is 5.73 Å². The summed E-state index contributed by atoms with van der Waals surface area (Å²) in [4.78, 5) is 23.7. The lowest BCUT2D eigenvalue weighted by Crippen LogP contribution is -2.17. The number of rotatable bonds is 3. The van der Waals surface area contributed by atoms with E-state index >= 15 is 0 Å². The van der Waals surface area contributed by atoms with Crippen LogP contribution in [0.2, 0.25) is 10.0 Å². The standard InChI is InChI=1S/C14H9Cl2NO2/c15-9-6-4-8(5-7-9)13(18)12-10(14(17)19)2-1-3-11(12)16/h1-7H,(H2,17,19). The van der Waals surface area contributed by atoms with Crippen molar-refractivity contribution in [3.63, 3.8) is 0 Å². The van der Waals surface area contributed by atoms with Gasteiger partial charge in [-0.25, -0.2) is 0 Å². The second kappa shape index (κ2) is 5.43. The van der Waals surface area contributed by atoms with E-state index in [2.05, 4.69) is 0 Å². The third kappa shape index (κ3) is 2.78. The van der Waals surface area contributed by atoms with Gasteiger partial charge in [-0.3, -0.25) is 9.59 Å². The highest BCUT2D eigenvalue weighted by Gasteiger charge is 2.19. The number of amides is 1. The predicted octanol–water partition coefficient (Wildman–Crippen LogP) is 3.32. The molecule has 0 unspecified atom stereocenters. The summed E-state index contributed by atoms with van der Waals surface area (Å²) < 4.78 is 0. The van der Waals surface area contributed by atoms with Gasteiger partial charge in [0.2, 0.25) is 5.91 Å². The van der Waals surface area contributed by atoms with E-state index in [9.17, 15) is 9.59 Å². The van der Waals surface area contributed by atoms with Crippen LogP contribution in [-0.4, -0.2) is 11.7 Å². The predicted molar refractivity (Wildman–Crippen MR) is 74.9 cm³/mol. The van der Waals surface area contributed by atoms with Crippen molar-refractivity contribution in [3.8, 4) is 0 Å². The zero-order chi connectivity index (χ0) is 14.0. The van der Waals surface area contributed by atoms with E-state index in [0.717, 1.165) is 0 Å². The van der Waals surface area contributed by atoms with Gasteiger partial charge in [-0.05, 0) is 36.4 Å². The van der Waals surface area contributed by atoms with Crippen LogP contribution >= 0.6 is 23.2 Å². The molecule has 2 rings (SSSR count). The molecule has 5 heteroatoms. The molecule has 0 aliphatic heterocycles. The van der Waals surface area contributed by atoms with Gasteiger partial charge in [0.05, 0.1) is 16.1 Å². The quantitative estimate of drug-likeness (QED) is 0.883. The van der Waals surface area contributed by atoms with Gasteiger partial charge in [0.15, 0.2) is 5.78 Å². The van der Waals surface area contributed by atoms with Gasteiger partial charge in [0, 0.05) is 10.6 Å². The van der Waals surface area contributed by atoms with Gasteiger partial charge in [0.1, 0.15) is 0 Å². The zero-order valence-electron chi connectivity index (χ0n) is 9.69. The van der Waals surface area contributed by atoms with Gasteiger partial charge in [-0.1, -0.05) is 29.3 Å². The molecule has 1 amide bonds. The minimum atomic E-state index is -0.695. The minimum absolute atomic E-state index is 0.104. The van der Waals surface area contributed by atoms with Crippen LogP contribution in [0.15, 0.2) is 42.5 Å². The van der Waals surface area contributed by atoms with E-state index in [1.807, 2.05) is 0 Å². The SMILES string of the molecule is NC(=O)c1cccc(Cl)c1C(=O)c1ccc(Cl)cc1. The van der Waals surface area contributed by atoms with Gasteiger partial charge in [0.25, 0.3) is 0 Å². The fourth-order valence-corrected chi connectivity index (χ4v) is 2.09. The molecule has 0 radical (unpaired) electrons. The summed E-state index contributed by atoms with van der Waals surface area (Å²) in [5, 5.41) is 0.710. The van der Waals surface area contributed by atoms with E-state index in [0.29, 0.717) is 10.6 Å². The van der Waals surface area contributed by atoms with E-state index in [1.54, 1.807) is 30.3 Å². The number of carbonyl (C=O) groups excluding carboxylic acids is 2. The molecule has 0 saturated carbocycles. The first-order valence-electron chi connectivity index (χ1n) is 5.39. The van der Waals surface area contributed by atoms with E-state index in [4.69, 9.17) is 28.9 Å². The van der Waals surface area contributed by atoms with Crippen LogP contribution in [0.1, 0.15) is 26.3 Å². The number of benzene rings is 2. The molecule has 0 bridgehead atoms. The molecular formula is C14H9Cl2NO2. The Morgan fingerprint density at radius 2 is 1.58 bits per heavy atom. The Morgan fingerprint density at radius 3 is 2.16 bits per heavy atom. The monoisotopic (exact) mass is 293 g/mol. The molecule has 0 fully saturated rings. The van der Waals surface area contributed by atoms with E-state index < -0.39 is 5.91 Å². The van der Waals surface area contributed by atoms with Crippen LogP contribution in [-0.2, 0) is 0 Å². The van der Waals surface area contributed by atoms with Crippen molar-refractivity contribution >= 4 is 34.9 Å². The highest BCUT2D eigenvalue weighted by molar-refractivity contribution is 6.36. The minimum Gasteiger partial charge on any atom is -0.366 e. The first-order chi connectivity index (χ1) is 9.00. The fourth-order valence-electron chi connectivity index (χ4n) is 1.71. The number of hydrogen-bond donors (Lipinski definition) is 1. The number of primary amides is 1. The molecule has 0 atom stereocenters. The third-order valence-electron chi connectivity index (χ3n) is 2.61. The number of nitrogens with two attached hydrogens (primary N) is 1. The van der Waals surface area contributed by atoms with E-state index in [-0.39, 0.29) is 21.9 Å². The van der Waals surface area contributed by atoms with Crippen molar-refractivity contribution in [1.82, 2.24) is 0 Å². The maximum absolute atomic E-state index is 12.4. The lowest BCUT2D eigenvalue weighted by atomic mass is 9.98. The number of halogens is 2. The van der Waals surface area contributed by atoms with Crippen LogP contribution in [0.3, 0.4) is 0 Å². The molecule has 96 valence electrons. The molecule has 0 aromatic heterocycles. The average molecular weight is 294 g/mol. The fraction of sp³-hybridized carbons (Fsp3) is 0. The number of hydrogen-bond acceptors (Lipinski definition) is 2.